The van der Waals surface area contributed by atoms with E-state index in [-0.39, 0.29) is 16.9 Å². The minimum atomic E-state index is -0.356. The molecular formula is C17H24ClFN2. The standard InChI is InChI=1S/C17H24ClFN2/c18-14-10-13(7-8-15(14)19)17(11-20)21-9-3-5-12-4-1-2-6-16(12)21/h7-8,10,12,16-17H,1-6,9,11,20H2. The summed E-state index contributed by atoms with van der Waals surface area (Å²) in [5.74, 6) is 0.461. The van der Waals surface area contributed by atoms with Crippen molar-refractivity contribution in [1.82, 2.24) is 4.90 Å². The zero-order valence-corrected chi connectivity index (χ0v) is 13.2. The van der Waals surface area contributed by atoms with E-state index in [0.29, 0.717) is 12.6 Å². The van der Waals surface area contributed by atoms with Crippen LogP contribution in [0.4, 0.5) is 4.39 Å². The summed E-state index contributed by atoms with van der Waals surface area (Å²) in [6.45, 7) is 1.66. The van der Waals surface area contributed by atoms with Crippen LogP contribution >= 0.6 is 11.6 Å². The third-order valence-corrected chi connectivity index (χ3v) is 5.53. The van der Waals surface area contributed by atoms with Gasteiger partial charge in [0.1, 0.15) is 5.82 Å². The van der Waals surface area contributed by atoms with Crippen molar-refractivity contribution in [1.29, 1.82) is 0 Å². The summed E-state index contributed by atoms with van der Waals surface area (Å²) in [4.78, 5) is 2.57. The third kappa shape index (κ3) is 3.10. The van der Waals surface area contributed by atoms with E-state index in [1.165, 1.54) is 44.6 Å². The van der Waals surface area contributed by atoms with Crippen LogP contribution in [0.5, 0.6) is 0 Å². The Labute approximate surface area is 131 Å². The van der Waals surface area contributed by atoms with Crippen LogP contribution in [0, 0.1) is 11.7 Å². The van der Waals surface area contributed by atoms with Gasteiger partial charge in [-0.15, -0.1) is 0 Å². The normalized spacial score (nSPS) is 28.1. The molecule has 1 aromatic carbocycles. The molecule has 0 aromatic heterocycles. The number of piperidine rings is 1. The van der Waals surface area contributed by atoms with Gasteiger partial charge in [0.2, 0.25) is 0 Å². The molecule has 1 saturated heterocycles. The Balaban J connectivity index is 1.85. The lowest BCUT2D eigenvalue weighted by Gasteiger charge is -2.47. The van der Waals surface area contributed by atoms with E-state index in [9.17, 15) is 4.39 Å². The average Bonchev–Trinajstić information content (AvgIpc) is 2.52. The maximum absolute atomic E-state index is 13.4. The molecule has 3 atom stereocenters. The summed E-state index contributed by atoms with van der Waals surface area (Å²) in [5, 5.41) is 0.197. The molecule has 1 heterocycles. The van der Waals surface area contributed by atoms with Crippen LogP contribution in [0.25, 0.3) is 0 Å². The van der Waals surface area contributed by atoms with E-state index in [1.807, 2.05) is 6.07 Å². The zero-order chi connectivity index (χ0) is 14.8. The molecule has 116 valence electrons. The number of nitrogens with two attached hydrogens (primary N) is 1. The van der Waals surface area contributed by atoms with Crippen LogP contribution in [-0.2, 0) is 0 Å². The number of fused-ring (bicyclic) bond motifs is 1. The van der Waals surface area contributed by atoms with Crippen molar-refractivity contribution in [2.24, 2.45) is 11.7 Å². The van der Waals surface area contributed by atoms with Crippen LogP contribution < -0.4 is 5.73 Å². The van der Waals surface area contributed by atoms with E-state index < -0.39 is 0 Å². The predicted molar refractivity (Wildman–Crippen MR) is 84.9 cm³/mol. The van der Waals surface area contributed by atoms with E-state index >= 15 is 0 Å². The molecule has 1 aromatic rings. The Bertz CT molecular complexity index is 492. The molecule has 1 saturated carbocycles. The highest BCUT2D eigenvalue weighted by Gasteiger charge is 2.36. The molecule has 2 fully saturated rings. The van der Waals surface area contributed by atoms with Crippen LogP contribution in [0.3, 0.4) is 0 Å². The van der Waals surface area contributed by atoms with Crippen molar-refractivity contribution >= 4 is 11.6 Å². The van der Waals surface area contributed by atoms with Crippen molar-refractivity contribution in [3.63, 3.8) is 0 Å². The van der Waals surface area contributed by atoms with Crippen LogP contribution in [0.2, 0.25) is 5.02 Å². The number of halogens is 2. The number of rotatable bonds is 3. The summed E-state index contributed by atoms with van der Waals surface area (Å²) in [6, 6.07) is 5.85. The number of hydrogen-bond donors (Lipinski definition) is 1. The first-order chi connectivity index (χ1) is 10.2. The van der Waals surface area contributed by atoms with E-state index in [1.54, 1.807) is 6.07 Å². The third-order valence-electron chi connectivity index (χ3n) is 5.24. The van der Waals surface area contributed by atoms with Crippen molar-refractivity contribution in [3.8, 4) is 0 Å². The summed E-state index contributed by atoms with van der Waals surface area (Å²) in [7, 11) is 0. The molecule has 2 N–H and O–H groups in total. The highest BCUT2D eigenvalue weighted by Crippen LogP contribution is 2.39. The maximum Gasteiger partial charge on any atom is 0.141 e. The Kier molecular flexibility index (Phi) is 4.82. The molecule has 4 heteroatoms. The second-order valence-corrected chi connectivity index (χ2v) is 6.82. The van der Waals surface area contributed by atoms with Gasteiger partial charge >= 0.3 is 0 Å². The summed E-state index contributed by atoms with van der Waals surface area (Å²) < 4.78 is 13.4. The molecule has 0 spiro atoms. The van der Waals surface area contributed by atoms with Gasteiger partial charge in [-0.25, -0.2) is 4.39 Å². The quantitative estimate of drug-likeness (QED) is 0.909. The lowest BCUT2D eigenvalue weighted by molar-refractivity contribution is 0.0276. The largest absolute Gasteiger partial charge is 0.329 e. The highest BCUT2D eigenvalue weighted by atomic mass is 35.5. The Morgan fingerprint density at radius 1 is 1.24 bits per heavy atom. The molecule has 3 unspecified atom stereocenters. The monoisotopic (exact) mass is 310 g/mol. The van der Waals surface area contributed by atoms with Gasteiger partial charge in [-0.1, -0.05) is 30.5 Å². The van der Waals surface area contributed by atoms with Gasteiger partial charge in [0.25, 0.3) is 0 Å². The van der Waals surface area contributed by atoms with Crippen LogP contribution in [-0.4, -0.2) is 24.0 Å². The van der Waals surface area contributed by atoms with Gasteiger partial charge in [0.05, 0.1) is 5.02 Å². The fourth-order valence-corrected chi connectivity index (χ4v) is 4.42. The first-order valence-corrected chi connectivity index (χ1v) is 8.49. The van der Waals surface area contributed by atoms with Crippen molar-refractivity contribution in [3.05, 3.63) is 34.6 Å². The number of nitrogens with zero attached hydrogens (tertiary/aromatic N) is 1. The van der Waals surface area contributed by atoms with Crippen molar-refractivity contribution in [2.75, 3.05) is 13.1 Å². The van der Waals surface area contributed by atoms with Gasteiger partial charge in [-0.2, -0.15) is 0 Å². The van der Waals surface area contributed by atoms with E-state index in [0.717, 1.165) is 18.0 Å². The minimum Gasteiger partial charge on any atom is -0.329 e. The van der Waals surface area contributed by atoms with Gasteiger partial charge in [-0.3, -0.25) is 4.90 Å². The van der Waals surface area contributed by atoms with Gasteiger partial charge in [0.15, 0.2) is 0 Å². The molecule has 2 aliphatic rings. The lowest BCUT2D eigenvalue weighted by Crippen LogP contribution is -2.49. The molecule has 0 radical (unpaired) electrons. The van der Waals surface area contributed by atoms with E-state index in [2.05, 4.69) is 4.90 Å². The topological polar surface area (TPSA) is 29.3 Å². The SMILES string of the molecule is NCC(c1ccc(F)c(Cl)c1)N1CCCC2CCCCC21. The smallest absolute Gasteiger partial charge is 0.141 e. The molecular weight excluding hydrogens is 287 g/mol. The molecule has 1 aliphatic carbocycles. The minimum absolute atomic E-state index is 0.161. The molecule has 0 amide bonds. The predicted octanol–water partition coefficient (Wildman–Crippen LogP) is 4.13. The summed E-state index contributed by atoms with van der Waals surface area (Å²) >= 11 is 5.96. The average molecular weight is 311 g/mol. The molecule has 2 nitrogen and oxygen atoms in total. The number of benzene rings is 1. The Hall–Kier alpha value is -0.640. The van der Waals surface area contributed by atoms with Crippen LogP contribution in [0.1, 0.15) is 50.1 Å². The number of hydrogen-bond acceptors (Lipinski definition) is 2. The van der Waals surface area contributed by atoms with Crippen molar-refractivity contribution < 1.29 is 4.39 Å². The summed E-state index contributed by atoms with van der Waals surface area (Å²) in [5.41, 5.74) is 7.12. The van der Waals surface area contributed by atoms with E-state index in [4.69, 9.17) is 17.3 Å². The fraction of sp³-hybridized carbons (Fsp3) is 0.647. The van der Waals surface area contributed by atoms with Gasteiger partial charge in [-0.05, 0) is 55.8 Å². The second kappa shape index (κ2) is 6.64. The molecule has 3 rings (SSSR count). The maximum atomic E-state index is 13.4. The van der Waals surface area contributed by atoms with Crippen molar-refractivity contribution in [2.45, 2.75) is 50.6 Å². The molecule has 1 aliphatic heterocycles. The Morgan fingerprint density at radius 2 is 2.00 bits per heavy atom. The second-order valence-electron chi connectivity index (χ2n) is 6.42. The van der Waals surface area contributed by atoms with Gasteiger partial charge in [0, 0.05) is 18.6 Å². The molecule has 0 bridgehead atoms. The molecule has 21 heavy (non-hydrogen) atoms. The first kappa shape index (κ1) is 15.3. The highest BCUT2D eigenvalue weighted by molar-refractivity contribution is 6.30. The van der Waals surface area contributed by atoms with Crippen LogP contribution in [0.15, 0.2) is 18.2 Å². The fourth-order valence-electron chi connectivity index (χ4n) is 4.23. The lowest BCUT2D eigenvalue weighted by atomic mass is 9.77. The summed E-state index contributed by atoms with van der Waals surface area (Å²) in [6.07, 6.45) is 7.90. The first-order valence-electron chi connectivity index (χ1n) is 8.11. The Morgan fingerprint density at radius 3 is 2.76 bits per heavy atom. The van der Waals surface area contributed by atoms with Gasteiger partial charge < -0.3 is 5.73 Å². The zero-order valence-electron chi connectivity index (χ0n) is 12.4. The number of likely N-dealkylation sites (tertiary alicyclic amines) is 1.